The molecule has 0 fully saturated rings. The molecule has 0 aliphatic heterocycles. The van der Waals surface area contributed by atoms with Crippen LogP contribution in [0.5, 0.6) is 11.5 Å². The molecule has 0 unspecified atom stereocenters. The summed E-state index contributed by atoms with van der Waals surface area (Å²) >= 11 is 6.22. The SMILES string of the molecule is Cc1ccc(Oc2ccc(CCN)cc2Cl)cc1C. The number of hydrogen-bond acceptors (Lipinski definition) is 2. The molecule has 0 bridgehead atoms. The molecule has 100 valence electrons. The van der Waals surface area contributed by atoms with E-state index >= 15 is 0 Å². The lowest BCUT2D eigenvalue weighted by molar-refractivity contribution is 0.482. The Labute approximate surface area is 119 Å². The fourth-order valence-electron chi connectivity index (χ4n) is 1.85. The minimum absolute atomic E-state index is 0.615. The molecule has 2 nitrogen and oxygen atoms in total. The van der Waals surface area contributed by atoms with E-state index in [9.17, 15) is 0 Å². The zero-order valence-electron chi connectivity index (χ0n) is 11.2. The molecule has 0 saturated heterocycles. The van der Waals surface area contributed by atoms with Crippen molar-refractivity contribution in [2.75, 3.05) is 6.54 Å². The zero-order valence-corrected chi connectivity index (χ0v) is 12.0. The highest BCUT2D eigenvalue weighted by Crippen LogP contribution is 2.31. The standard InChI is InChI=1S/C16H18ClNO/c1-11-3-5-14(9-12(11)2)19-16-6-4-13(7-8-18)10-15(16)17/h3-6,9-10H,7-8,18H2,1-2H3. The van der Waals surface area contributed by atoms with Crippen LogP contribution in [0.25, 0.3) is 0 Å². The predicted molar refractivity (Wildman–Crippen MR) is 80.2 cm³/mol. The Bertz CT molecular complexity index is 581. The average molecular weight is 276 g/mol. The van der Waals surface area contributed by atoms with E-state index in [1.807, 2.05) is 36.4 Å². The van der Waals surface area contributed by atoms with Gasteiger partial charge in [0.05, 0.1) is 5.02 Å². The Morgan fingerprint density at radius 3 is 2.47 bits per heavy atom. The van der Waals surface area contributed by atoms with E-state index in [-0.39, 0.29) is 0 Å². The largest absolute Gasteiger partial charge is 0.456 e. The van der Waals surface area contributed by atoms with Gasteiger partial charge in [-0.05, 0) is 67.8 Å². The van der Waals surface area contributed by atoms with Crippen molar-refractivity contribution >= 4 is 11.6 Å². The summed E-state index contributed by atoms with van der Waals surface area (Å²) in [4.78, 5) is 0. The third-order valence-electron chi connectivity index (χ3n) is 3.14. The van der Waals surface area contributed by atoms with Gasteiger partial charge in [0.1, 0.15) is 11.5 Å². The summed E-state index contributed by atoms with van der Waals surface area (Å²) in [5, 5.41) is 0.615. The molecule has 0 aliphatic carbocycles. The topological polar surface area (TPSA) is 35.2 Å². The highest BCUT2D eigenvalue weighted by Gasteiger charge is 2.05. The summed E-state index contributed by atoms with van der Waals surface area (Å²) in [5.41, 5.74) is 9.10. The fraction of sp³-hybridized carbons (Fsp3) is 0.250. The number of rotatable bonds is 4. The predicted octanol–water partition coefficient (Wildman–Crippen LogP) is 4.25. The lowest BCUT2D eigenvalue weighted by Crippen LogP contribution is -2.02. The minimum Gasteiger partial charge on any atom is -0.456 e. The average Bonchev–Trinajstić information content (AvgIpc) is 2.37. The Morgan fingerprint density at radius 2 is 1.84 bits per heavy atom. The van der Waals surface area contributed by atoms with E-state index < -0.39 is 0 Å². The number of halogens is 1. The first kappa shape index (κ1) is 13.9. The van der Waals surface area contributed by atoms with Crippen molar-refractivity contribution in [2.45, 2.75) is 20.3 Å². The smallest absolute Gasteiger partial charge is 0.146 e. The molecule has 2 N–H and O–H groups in total. The van der Waals surface area contributed by atoms with E-state index in [4.69, 9.17) is 22.1 Å². The fourth-order valence-corrected chi connectivity index (χ4v) is 2.10. The summed E-state index contributed by atoms with van der Waals surface area (Å²) in [6.07, 6.45) is 0.823. The van der Waals surface area contributed by atoms with Crippen molar-refractivity contribution < 1.29 is 4.74 Å². The van der Waals surface area contributed by atoms with Crippen molar-refractivity contribution in [3.05, 3.63) is 58.1 Å². The first-order chi connectivity index (χ1) is 9.10. The van der Waals surface area contributed by atoms with Crippen LogP contribution in [0, 0.1) is 13.8 Å². The number of hydrogen-bond donors (Lipinski definition) is 1. The van der Waals surface area contributed by atoms with Gasteiger partial charge < -0.3 is 10.5 Å². The quantitative estimate of drug-likeness (QED) is 0.905. The van der Waals surface area contributed by atoms with Gasteiger partial charge in [-0.15, -0.1) is 0 Å². The van der Waals surface area contributed by atoms with Crippen molar-refractivity contribution in [3.63, 3.8) is 0 Å². The lowest BCUT2D eigenvalue weighted by atomic mass is 10.1. The molecular formula is C16H18ClNO. The van der Waals surface area contributed by atoms with Crippen LogP contribution < -0.4 is 10.5 Å². The van der Waals surface area contributed by atoms with E-state index in [1.54, 1.807) is 0 Å². The number of benzene rings is 2. The molecule has 0 atom stereocenters. The van der Waals surface area contributed by atoms with Crippen LogP contribution in [0.4, 0.5) is 0 Å². The highest BCUT2D eigenvalue weighted by molar-refractivity contribution is 6.32. The van der Waals surface area contributed by atoms with Gasteiger partial charge in [0.15, 0.2) is 0 Å². The summed E-state index contributed by atoms with van der Waals surface area (Å²) in [6.45, 7) is 4.76. The molecule has 0 radical (unpaired) electrons. The molecule has 0 saturated carbocycles. The summed E-state index contributed by atoms with van der Waals surface area (Å²) in [5.74, 6) is 1.47. The number of ether oxygens (including phenoxy) is 1. The van der Waals surface area contributed by atoms with Crippen LogP contribution in [-0.2, 0) is 6.42 Å². The maximum absolute atomic E-state index is 6.22. The van der Waals surface area contributed by atoms with E-state index in [2.05, 4.69) is 13.8 Å². The molecule has 3 heteroatoms. The van der Waals surface area contributed by atoms with Crippen LogP contribution in [0.1, 0.15) is 16.7 Å². The second-order valence-corrected chi connectivity index (χ2v) is 5.06. The first-order valence-electron chi connectivity index (χ1n) is 6.34. The molecule has 0 amide bonds. The maximum atomic E-state index is 6.22. The van der Waals surface area contributed by atoms with Crippen molar-refractivity contribution in [2.24, 2.45) is 5.73 Å². The lowest BCUT2D eigenvalue weighted by Gasteiger charge is -2.10. The van der Waals surface area contributed by atoms with Gasteiger partial charge in [0, 0.05) is 0 Å². The van der Waals surface area contributed by atoms with Gasteiger partial charge in [0.2, 0.25) is 0 Å². The summed E-state index contributed by atoms with van der Waals surface area (Å²) in [6, 6.07) is 11.8. The van der Waals surface area contributed by atoms with E-state index in [1.165, 1.54) is 11.1 Å². The van der Waals surface area contributed by atoms with Gasteiger partial charge in [0.25, 0.3) is 0 Å². The summed E-state index contributed by atoms with van der Waals surface area (Å²) < 4.78 is 5.81. The van der Waals surface area contributed by atoms with Gasteiger partial charge >= 0.3 is 0 Å². The second-order valence-electron chi connectivity index (χ2n) is 4.65. The Morgan fingerprint density at radius 1 is 1.05 bits per heavy atom. The zero-order chi connectivity index (χ0) is 13.8. The van der Waals surface area contributed by atoms with Gasteiger partial charge in [-0.3, -0.25) is 0 Å². The number of nitrogens with two attached hydrogens (primary N) is 1. The molecule has 0 aromatic heterocycles. The van der Waals surface area contributed by atoms with Crippen LogP contribution >= 0.6 is 11.6 Å². The van der Waals surface area contributed by atoms with Gasteiger partial charge in [-0.25, -0.2) is 0 Å². The second kappa shape index (κ2) is 6.09. The molecule has 0 heterocycles. The molecule has 0 spiro atoms. The highest BCUT2D eigenvalue weighted by atomic mass is 35.5. The Kier molecular flexibility index (Phi) is 4.46. The van der Waals surface area contributed by atoms with Gasteiger partial charge in [-0.1, -0.05) is 23.7 Å². The molecule has 2 aromatic carbocycles. The molecule has 0 aliphatic rings. The monoisotopic (exact) mass is 275 g/mol. The van der Waals surface area contributed by atoms with Crippen molar-refractivity contribution in [1.29, 1.82) is 0 Å². The Hall–Kier alpha value is -1.51. The molecule has 2 aromatic rings. The Balaban J connectivity index is 2.20. The van der Waals surface area contributed by atoms with Crippen molar-refractivity contribution in [1.82, 2.24) is 0 Å². The third-order valence-corrected chi connectivity index (χ3v) is 3.43. The van der Waals surface area contributed by atoms with Crippen LogP contribution in [-0.4, -0.2) is 6.54 Å². The summed E-state index contributed by atoms with van der Waals surface area (Å²) in [7, 11) is 0. The van der Waals surface area contributed by atoms with Crippen LogP contribution in [0.2, 0.25) is 5.02 Å². The molecule has 2 rings (SSSR count). The third kappa shape index (κ3) is 3.49. The minimum atomic E-state index is 0.615. The van der Waals surface area contributed by atoms with Crippen molar-refractivity contribution in [3.8, 4) is 11.5 Å². The molecular weight excluding hydrogens is 258 g/mol. The van der Waals surface area contributed by atoms with Gasteiger partial charge in [-0.2, -0.15) is 0 Å². The molecule has 19 heavy (non-hydrogen) atoms. The maximum Gasteiger partial charge on any atom is 0.146 e. The van der Waals surface area contributed by atoms with E-state index in [0.29, 0.717) is 17.3 Å². The first-order valence-corrected chi connectivity index (χ1v) is 6.71. The van der Waals surface area contributed by atoms with Crippen LogP contribution in [0.3, 0.4) is 0 Å². The normalized spacial score (nSPS) is 10.5. The van der Waals surface area contributed by atoms with Crippen LogP contribution in [0.15, 0.2) is 36.4 Å². The number of aryl methyl sites for hydroxylation is 2. The van der Waals surface area contributed by atoms with E-state index in [0.717, 1.165) is 17.7 Å².